The van der Waals surface area contributed by atoms with Gasteiger partial charge < -0.3 is 16.4 Å². The first-order valence-electron chi connectivity index (χ1n) is 5.86. The molecule has 0 saturated carbocycles. The molecule has 0 radical (unpaired) electrons. The van der Waals surface area contributed by atoms with Crippen LogP contribution in [0.25, 0.3) is 0 Å². The van der Waals surface area contributed by atoms with Crippen molar-refractivity contribution in [2.45, 2.75) is 13.5 Å². The Balaban J connectivity index is 2.21. The first kappa shape index (κ1) is 13.4. The smallest absolute Gasteiger partial charge is 0.253 e. The van der Waals surface area contributed by atoms with Gasteiger partial charge in [-0.3, -0.25) is 4.79 Å². The van der Waals surface area contributed by atoms with Crippen LogP contribution < -0.4 is 16.4 Å². The summed E-state index contributed by atoms with van der Waals surface area (Å²) in [5.41, 5.74) is 10.5. The molecule has 6 heteroatoms. The second kappa shape index (κ2) is 5.71. The molecule has 1 amide bonds. The summed E-state index contributed by atoms with van der Waals surface area (Å²) in [6.45, 7) is 2.59. The van der Waals surface area contributed by atoms with Gasteiger partial charge in [-0.25, -0.2) is 4.98 Å². The molecular weight excluding hydrogens is 260 g/mol. The molecule has 1 aromatic carbocycles. The molecule has 2 aromatic rings. The molecule has 0 fully saturated rings. The van der Waals surface area contributed by atoms with Crippen molar-refractivity contribution in [1.29, 1.82) is 0 Å². The molecule has 0 atom stereocenters. The molecule has 4 N–H and O–H groups in total. The highest BCUT2D eigenvalue weighted by Gasteiger charge is 2.10. The Morgan fingerprint density at radius 3 is 2.89 bits per heavy atom. The number of nitrogens with two attached hydrogens (primary N) is 1. The molecule has 0 aliphatic heterocycles. The predicted octanol–water partition coefficient (Wildman–Crippen LogP) is 2.01. The van der Waals surface area contributed by atoms with Gasteiger partial charge in [0.2, 0.25) is 0 Å². The van der Waals surface area contributed by atoms with Crippen molar-refractivity contribution in [1.82, 2.24) is 10.3 Å². The van der Waals surface area contributed by atoms with Crippen molar-refractivity contribution in [3.8, 4) is 0 Å². The van der Waals surface area contributed by atoms with Gasteiger partial charge in [-0.1, -0.05) is 0 Å². The zero-order valence-electron chi connectivity index (χ0n) is 10.9. The number of amides is 1. The molecule has 19 heavy (non-hydrogen) atoms. The summed E-state index contributed by atoms with van der Waals surface area (Å²) in [6.07, 6.45) is 0. The lowest BCUT2D eigenvalue weighted by atomic mass is 10.1. The summed E-state index contributed by atoms with van der Waals surface area (Å²) >= 11 is 1.59. The van der Waals surface area contributed by atoms with Crippen LogP contribution in [0.1, 0.15) is 20.9 Å². The number of carbonyl (C=O) groups excluding carboxylic acids is 1. The molecule has 0 spiro atoms. The van der Waals surface area contributed by atoms with E-state index < -0.39 is 0 Å². The number of thiazole rings is 1. The number of hydrogen-bond donors (Lipinski definition) is 3. The zero-order chi connectivity index (χ0) is 13.8. The van der Waals surface area contributed by atoms with Gasteiger partial charge in [0.1, 0.15) is 0 Å². The summed E-state index contributed by atoms with van der Waals surface area (Å²) in [7, 11) is 1.61. The number of rotatable bonds is 4. The lowest BCUT2D eigenvalue weighted by molar-refractivity contribution is 0.0964. The minimum Gasteiger partial charge on any atom is -0.399 e. The van der Waals surface area contributed by atoms with E-state index in [1.165, 1.54) is 0 Å². The van der Waals surface area contributed by atoms with Crippen molar-refractivity contribution < 1.29 is 4.79 Å². The van der Waals surface area contributed by atoms with Crippen molar-refractivity contribution in [3.05, 3.63) is 39.8 Å². The van der Waals surface area contributed by atoms with E-state index in [0.29, 0.717) is 17.8 Å². The maximum absolute atomic E-state index is 11.8. The summed E-state index contributed by atoms with van der Waals surface area (Å²) in [6, 6.07) is 5.20. The third kappa shape index (κ3) is 3.03. The fraction of sp³-hybridized carbons (Fsp3) is 0.231. The van der Waals surface area contributed by atoms with Crippen LogP contribution in [0.3, 0.4) is 0 Å². The molecule has 2 rings (SSSR count). The number of aryl methyl sites for hydroxylation is 1. The van der Waals surface area contributed by atoms with E-state index >= 15 is 0 Å². The largest absolute Gasteiger partial charge is 0.399 e. The van der Waals surface area contributed by atoms with E-state index in [1.54, 1.807) is 36.6 Å². The maximum atomic E-state index is 11.8. The maximum Gasteiger partial charge on any atom is 0.253 e. The molecule has 0 unspecified atom stereocenters. The highest BCUT2D eigenvalue weighted by atomic mass is 32.1. The van der Waals surface area contributed by atoms with Gasteiger partial charge in [0.25, 0.3) is 5.91 Å². The predicted molar refractivity (Wildman–Crippen MR) is 78.4 cm³/mol. The highest BCUT2D eigenvalue weighted by Crippen LogP contribution is 2.21. The van der Waals surface area contributed by atoms with Crippen molar-refractivity contribution in [2.75, 3.05) is 18.1 Å². The summed E-state index contributed by atoms with van der Waals surface area (Å²) < 4.78 is 0. The SMILES string of the molecule is CNC(=O)c1ccc(N)cc1NCc1scnc1C. The third-order valence-electron chi connectivity index (χ3n) is 2.80. The van der Waals surface area contributed by atoms with E-state index in [-0.39, 0.29) is 5.91 Å². The average molecular weight is 276 g/mol. The second-order valence-corrected chi connectivity index (χ2v) is 5.04. The molecule has 5 nitrogen and oxygen atoms in total. The van der Waals surface area contributed by atoms with Crippen LogP contribution in [0.2, 0.25) is 0 Å². The average Bonchev–Trinajstić information content (AvgIpc) is 2.81. The van der Waals surface area contributed by atoms with Crippen LogP contribution >= 0.6 is 11.3 Å². The minimum atomic E-state index is -0.136. The van der Waals surface area contributed by atoms with Gasteiger partial charge in [-0.15, -0.1) is 11.3 Å². The first-order valence-corrected chi connectivity index (χ1v) is 6.74. The van der Waals surface area contributed by atoms with Crippen LogP contribution in [0.15, 0.2) is 23.7 Å². The van der Waals surface area contributed by atoms with Gasteiger partial charge in [0, 0.05) is 23.3 Å². The first-order chi connectivity index (χ1) is 9.11. The number of benzene rings is 1. The summed E-state index contributed by atoms with van der Waals surface area (Å²) in [4.78, 5) is 17.1. The van der Waals surface area contributed by atoms with E-state index in [1.807, 2.05) is 12.4 Å². The van der Waals surface area contributed by atoms with Gasteiger partial charge in [0.15, 0.2) is 0 Å². The molecule has 0 aliphatic carbocycles. The topological polar surface area (TPSA) is 80.0 Å². The zero-order valence-corrected chi connectivity index (χ0v) is 11.7. The lowest BCUT2D eigenvalue weighted by Gasteiger charge is -2.11. The number of hydrogen-bond acceptors (Lipinski definition) is 5. The standard InChI is InChI=1S/C13H16N4OS/c1-8-12(19-7-17-8)6-16-11-5-9(14)3-4-10(11)13(18)15-2/h3-5,7,16H,6,14H2,1-2H3,(H,15,18). The van der Waals surface area contributed by atoms with Crippen LogP contribution in [-0.2, 0) is 6.54 Å². The van der Waals surface area contributed by atoms with Crippen molar-refractivity contribution in [2.24, 2.45) is 0 Å². The molecule has 1 aromatic heterocycles. The Bertz CT molecular complexity index is 594. The van der Waals surface area contributed by atoms with Crippen LogP contribution in [-0.4, -0.2) is 17.9 Å². The van der Waals surface area contributed by atoms with Crippen molar-refractivity contribution >= 4 is 28.6 Å². The Morgan fingerprint density at radius 2 is 2.26 bits per heavy atom. The van der Waals surface area contributed by atoms with Gasteiger partial charge in [-0.2, -0.15) is 0 Å². The Hall–Kier alpha value is -2.08. The second-order valence-electron chi connectivity index (χ2n) is 4.10. The van der Waals surface area contributed by atoms with E-state index in [4.69, 9.17) is 5.73 Å². The fourth-order valence-electron chi connectivity index (χ4n) is 1.71. The van der Waals surface area contributed by atoms with E-state index in [9.17, 15) is 4.79 Å². The quantitative estimate of drug-likeness (QED) is 0.746. The van der Waals surface area contributed by atoms with Crippen LogP contribution in [0, 0.1) is 6.92 Å². The third-order valence-corrected chi connectivity index (χ3v) is 3.73. The van der Waals surface area contributed by atoms with Crippen LogP contribution in [0.5, 0.6) is 0 Å². The normalized spacial score (nSPS) is 10.2. The molecule has 0 saturated heterocycles. The Morgan fingerprint density at radius 1 is 1.47 bits per heavy atom. The van der Waals surface area contributed by atoms with E-state index in [2.05, 4.69) is 15.6 Å². The molecule has 100 valence electrons. The number of nitrogen functional groups attached to an aromatic ring is 1. The summed E-state index contributed by atoms with van der Waals surface area (Å²) in [5, 5.41) is 5.86. The Kier molecular flexibility index (Phi) is 4.01. The molecule has 0 aliphatic rings. The van der Waals surface area contributed by atoms with Gasteiger partial charge in [0.05, 0.1) is 23.3 Å². The fourth-order valence-corrected chi connectivity index (χ4v) is 2.43. The van der Waals surface area contributed by atoms with E-state index in [0.717, 1.165) is 16.3 Å². The number of carbonyl (C=O) groups is 1. The monoisotopic (exact) mass is 276 g/mol. The lowest BCUT2D eigenvalue weighted by Crippen LogP contribution is -2.19. The Labute approximate surface area is 115 Å². The highest BCUT2D eigenvalue weighted by molar-refractivity contribution is 7.09. The number of nitrogens with one attached hydrogen (secondary N) is 2. The number of aromatic nitrogens is 1. The van der Waals surface area contributed by atoms with Crippen molar-refractivity contribution in [3.63, 3.8) is 0 Å². The minimum absolute atomic E-state index is 0.136. The van der Waals surface area contributed by atoms with Crippen LogP contribution in [0.4, 0.5) is 11.4 Å². The van der Waals surface area contributed by atoms with Gasteiger partial charge >= 0.3 is 0 Å². The van der Waals surface area contributed by atoms with Gasteiger partial charge in [-0.05, 0) is 25.1 Å². The molecular formula is C13H16N4OS. The molecule has 1 heterocycles. The number of anilines is 2. The summed E-state index contributed by atoms with van der Waals surface area (Å²) in [5.74, 6) is -0.136. The number of nitrogens with zero attached hydrogens (tertiary/aromatic N) is 1. The molecule has 0 bridgehead atoms.